The molecule has 2 heterocycles. The number of Topliss-reactive ketones (excluding diaryl/α,β-unsaturated/α-hetero) is 1. The molecule has 2 aromatic heterocycles. The quantitative estimate of drug-likeness (QED) is 0.538. The van der Waals surface area contributed by atoms with Crippen LogP contribution in [-0.4, -0.2) is 15.8 Å². The number of hydrogen-bond donors (Lipinski definition) is 0. The predicted octanol–water partition coefficient (Wildman–Crippen LogP) is 3.58. The molecular formula is C14H10N2O2S. The Labute approximate surface area is 113 Å². The monoisotopic (exact) mass is 270 g/mol. The lowest BCUT2D eigenvalue weighted by Gasteiger charge is -2.01. The van der Waals surface area contributed by atoms with Gasteiger partial charge in [0.25, 0.3) is 0 Å². The minimum absolute atomic E-state index is 0.0839. The van der Waals surface area contributed by atoms with Gasteiger partial charge < -0.3 is 4.42 Å². The molecule has 0 saturated carbocycles. The zero-order valence-electron chi connectivity index (χ0n) is 10.2. The summed E-state index contributed by atoms with van der Waals surface area (Å²) >= 11 is 1.39. The molecule has 0 spiro atoms. The van der Waals surface area contributed by atoms with Gasteiger partial charge in [-0.25, -0.2) is 9.97 Å². The van der Waals surface area contributed by atoms with Crippen LogP contribution in [0.4, 0.5) is 0 Å². The first-order valence-electron chi connectivity index (χ1n) is 5.72. The van der Waals surface area contributed by atoms with Gasteiger partial charge in [0, 0.05) is 12.3 Å². The van der Waals surface area contributed by atoms with E-state index >= 15 is 0 Å². The number of aromatic nitrogens is 2. The van der Waals surface area contributed by atoms with Crippen molar-refractivity contribution in [1.29, 1.82) is 0 Å². The summed E-state index contributed by atoms with van der Waals surface area (Å²) in [5, 5.41) is 2.43. The second-order valence-corrected chi connectivity index (χ2v) is 4.97. The number of furan rings is 1. The van der Waals surface area contributed by atoms with Gasteiger partial charge in [0.15, 0.2) is 16.6 Å². The molecule has 0 atom stereocenters. The first-order valence-corrected chi connectivity index (χ1v) is 6.54. The van der Waals surface area contributed by atoms with Crippen LogP contribution in [0.3, 0.4) is 0 Å². The number of carbonyl (C=O) groups is 1. The topological polar surface area (TPSA) is 56.0 Å². The van der Waals surface area contributed by atoms with Crippen molar-refractivity contribution in [3.05, 3.63) is 48.5 Å². The Bertz CT molecular complexity index is 747. The van der Waals surface area contributed by atoms with Crippen molar-refractivity contribution < 1.29 is 9.21 Å². The molecule has 19 heavy (non-hydrogen) atoms. The lowest BCUT2D eigenvalue weighted by Crippen LogP contribution is -1.87. The Balaban J connectivity index is 1.98. The van der Waals surface area contributed by atoms with Crippen LogP contribution in [0, 0.1) is 0 Å². The molecule has 94 valence electrons. The van der Waals surface area contributed by atoms with Gasteiger partial charge in [-0.3, -0.25) is 4.79 Å². The van der Waals surface area contributed by atoms with Gasteiger partial charge in [-0.1, -0.05) is 18.2 Å². The van der Waals surface area contributed by atoms with Crippen molar-refractivity contribution in [2.24, 2.45) is 0 Å². The summed E-state index contributed by atoms with van der Waals surface area (Å²) in [6.07, 6.45) is 1.53. The second kappa shape index (κ2) is 4.85. The molecule has 0 N–H and O–H groups in total. The van der Waals surface area contributed by atoms with Crippen molar-refractivity contribution in [3.63, 3.8) is 0 Å². The third-order valence-electron chi connectivity index (χ3n) is 2.63. The first-order chi connectivity index (χ1) is 9.24. The van der Waals surface area contributed by atoms with Gasteiger partial charge in [-0.15, -0.1) is 0 Å². The van der Waals surface area contributed by atoms with Crippen LogP contribution in [0.15, 0.2) is 57.3 Å². The molecule has 0 fully saturated rings. The summed E-state index contributed by atoms with van der Waals surface area (Å²) in [6, 6.07) is 11.2. The summed E-state index contributed by atoms with van der Waals surface area (Å²) in [5.41, 5.74) is 0.887. The van der Waals surface area contributed by atoms with E-state index in [1.165, 1.54) is 25.0 Å². The number of rotatable bonds is 3. The van der Waals surface area contributed by atoms with Crippen LogP contribution in [0.2, 0.25) is 0 Å². The van der Waals surface area contributed by atoms with Crippen LogP contribution in [0.25, 0.3) is 10.9 Å². The molecule has 0 aliphatic rings. The van der Waals surface area contributed by atoms with Gasteiger partial charge in [-0.05, 0) is 30.0 Å². The molecule has 0 saturated heterocycles. The van der Waals surface area contributed by atoms with Crippen LogP contribution < -0.4 is 0 Å². The highest BCUT2D eigenvalue weighted by Gasteiger charge is 2.10. The molecule has 0 aliphatic heterocycles. The second-order valence-electron chi connectivity index (χ2n) is 3.97. The minimum Gasteiger partial charge on any atom is -0.446 e. The molecule has 0 radical (unpaired) electrons. The fourth-order valence-electron chi connectivity index (χ4n) is 1.72. The third-order valence-corrected chi connectivity index (χ3v) is 3.57. The smallest absolute Gasteiger partial charge is 0.194 e. The lowest BCUT2D eigenvalue weighted by molar-refractivity contribution is 0.0982. The average Bonchev–Trinajstić information content (AvgIpc) is 2.88. The van der Waals surface area contributed by atoms with Crippen LogP contribution in [0.5, 0.6) is 0 Å². The van der Waals surface area contributed by atoms with E-state index in [4.69, 9.17) is 4.42 Å². The van der Waals surface area contributed by atoms with E-state index in [2.05, 4.69) is 9.97 Å². The Morgan fingerprint density at radius 1 is 1.16 bits per heavy atom. The fourth-order valence-corrected chi connectivity index (χ4v) is 2.56. The van der Waals surface area contributed by atoms with Gasteiger partial charge in [-0.2, -0.15) is 0 Å². The number of ketones is 1. The third kappa shape index (κ3) is 2.37. The predicted molar refractivity (Wildman–Crippen MR) is 72.4 cm³/mol. The van der Waals surface area contributed by atoms with Gasteiger partial charge in [0.1, 0.15) is 11.4 Å². The number of fused-ring (bicyclic) bond motifs is 1. The van der Waals surface area contributed by atoms with Crippen LogP contribution in [0.1, 0.15) is 17.5 Å². The summed E-state index contributed by atoms with van der Waals surface area (Å²) in [6.45, 7) is 1.48. The maximum absolute atomic E-state index is 11.2. The summed E-state index contributed by atoms with van der Waals surface area (Å²) in [4.78, 5) is 19.7. The number of carbonyl (C=O) groups excluding carboxylic acids is 1. The maximum atomic E-state index is 11.2. The Morgan fingerprint density at radius 3 is 2.79 bits per heavy atom. The summed E-state index contributed by atoms with van der Waals surface area (Å²) < 4.78 is 5.45. The van der Waals surface area contributed by atoms with Crippen molar-refractivity contribution in [2.75, 3.05) is 0 Å². The highest BCUT2D eigenvalue weighted by molar-refractivity contribution is 7.99. The summed E-state index contributed by atoms with van der Waals surface area (Å²) in [7, 11) is 0. The maximum Gasteiger partial charge on any atom is 0.194 e. The van der Waals surface area contributed by atoms with E-state index < -0.39 is 0 Å². The van der Waals surface area contributed by atoms with E-state index in [0.717, 1.165) is 15.9 Å². The molecular weight excluding hydrogens is 260 g/mol. The highest BCUT2D eigenvalue weighted by atomic mass is 32.2. The van der Waals surface area contributed by atoms with E-state index in [1.807, 2.05) is 24.3 Å². The number of nitrogens with zero attached hydrogens (tertiary/aromatic N) is 2. The van der Waals surface area contributed by atoms with Gasteiger partial charge in [0.2, 0.25) is 0 Å². The largest absolute Gasteiger partial charge is 0.446 e. The highest BCUT2D eigenvalue weighted by Crippen LogP contribution is 2.32. The van der Waals surface area contributed by atoms with Crippen LogP contribution in [-0.2, 0) is 0 Å². The normalized spacial score (nSPS) is 10.8. The SMILES string of the molecule is CC(=O)c1ccc(Sc2ncnc3ccccc23)o1. The Morgan fingerprint density at radius 2 is 2.00 bits per heavy atom. The summed E-state index contributed by atoms with van der Waals surface area (Å²) in [5.74, 6) is 0.278. The number of benzene rings is 1. The van der Waals surface area contributed by atoms with Crippen LogP contribution >= 0.6 is 11.8 Å². The zero-order chi connectivity index (χ0) is 13.2. The van der Waals surface area contributed by atoms with E-state index in [9.17, 15) is 4.79 Å². The number of para-hydroxylation sites is 1. The molecule has 3 rings (SSSR count). The standard InChI is InChI=1S/C14H10N2O2S/c1-9(17)12-6-7-13(18-12)19-14-10-4-2-3-5-11(10)15-8-16-14/h2-8H,1H3. The fraction of sp³-hybridized carbons (Fsp3) is 0.0714. The van der Waals surface area contributed by atoms with Crippen molar-refractivity contribution >= 4 is 28.4 Å². The van der Waals surface area contributed by atoms with Crippen molar-refractivity contribution in [1.82, 2.24) is 9.97 Å². The molecule has 1 aromatic carbocycles. The molecule has 0 bridgehead atoms. The van der Waals surface area contributed by atoms with E-state index in [0.29, 0.717) is 10.9 Å². The van der Waals surface area contributed by atoms with Crippen molar-refractivity contribution in [2.45, 2.75) is 17.0 Å². The first kappa shape index (κ1) is 11.9. The lowest BCUT2D eigenvalue weighted by atomic mass is 10.2. The molecule has 4 nitrogen and oxygen atoms in total. The Kier molecular flexibility index (Phi) is 3.05. The van der Waals surface area contributed by atoms with E-state index in [-0.39, 0.29) is 5.78 Å². The van der Waals surface area contributed by atoms with Gasteiger partial charge >= 0.3 is 0 Å². The minimum atomic E-state index is -0.0839. The van der Waals surface area contributed by atoms with E-state index in [1.54, 1.807) is 12.1 Å². The Hall–Kier alpha value is -2.14. The molecule has 0 amide bonds. The van der Waals surface area contributed by atoms with Crippen molar-refractivity contribution in [3.8, 4) is 0 Å². The molecule has 0 unspecified atom stereocenters. The molecule has 5 heteroatoms. The zero-order valence-corrected chi connectivity index (χ0v) is 11.0. The van der Waals surface area contributed by atoms with Gasteiger partial charge in [0.05, 0.1) is 5.52 Å². The average molecular weight is 270 g/mol. The molecule has 3 aromatic rings. The molecule has 0 aliphatic carbocycles. The number of hydrogen-bond acceptors (Lipinski definition) is 5.